The Hall–Kier alpha value is -5.77. The summed E-state index contributed by atoms with van der Waals surface area (Å²) in [6.45, 7) is 0. The molecule has 0 fully saturated rings. The predicted molar refractivity (Wildman–Crippen MR) is 183 cm³/mol. The van der Waals surface area contributed by atoms with Crippen LogP contribution in [0.1, 0.15) is 16.7 Å². The quantitative estimate of drug-likeness (QED) is 0.205. The summed E-state index contributed by atoms with van der Waals surface area (Å²) in [5.74, 6) is 0. The van der Waals surface area contributed by atoms with Crippen molar-refractivity contribution >= 4 is 63.0 Å². The van der Waals surface area contributed by atoms with Crippen molar-refractivity contribution in [3.05, 3.63) is 132 Å². The van der Waals surface area contributed by atoms with E-state index < -0.39 is 0 Å². The molecule has 0 aliphatic heterocycles. The molecule has 2 aromatic heterocycles. The molecule has 8 aromatic rings. The third-order valence-electron chi connectivity index (χ3n) is 8.16. The van der Waals surface area contributed by atoms with Gasteiger partial charge in [0.2, 0.25) is 0 Å². The van der Waals surface area contributed by atoms with E-state index in [1.54, 1.807) is 28.7 Å². The topological polar surface area (TPSA) is 71.4 Å². The summed E-state index contributed by atoms with van der Waals surface area (Å²) in [5.41, 5.74) is 6.62. The Bertz CT molecular complexity index is 2570. The van der Waals surface area contributed by atoms with Gasteiger partial charge in [-0.3, -0.25) is 0 Å². The fourth-order valence-corrected chi connectivity index (χ4v) is 8.46. The fourth-order valence-electron chi connectivity index (χ4n) is 6.15. The molecule has 2 heterocycles. The highest BCUT2D eigenvalue weighted by molar-refractivity contribution is 7.26. The van der Waals surface area contributed by atoms with Gasteiger partial charge in [0.05, 0.1) is 28.8 Å². The van der Waals surface area contributed by atoms with Crippen LogP contribution in [0, 0.1) is 34.0 Å². The molecule has 0 saturated carbocycles. The third kappa shape index (κ3) is 4.06. The molecule has 0 saturated heterocycles. The lowest BCUT2D eigenvalue weighted by Gasteiger charge is -2.15. The molecule has 0 aliphatic rings. The molecule has 3 nitrogen and oxygen atoms in total. The van der Waals surface area contributed by atoms with Crippen molar-refractivity contribution in [2.24, 2.45) is 0 Å². The van der Waals surface area contributed by atoms with E-state index >= 15 is 0 Å². The number of benzene rings is 6. The van der Waals surface area contributed by atoms with E-state index in [0.29, 0.717) is 16.7 Å². The van der Waals surface area contributed by atoms with Gasteiger partial charge in [0.1, 0.15) is 6.07 Å². The van der Waals surface area contributed by atoms with E-state index in [4.69, 9.17) is 0 Å². The molecule has 0 bridgehead atoms. The van der Waals surface area contributed by atoms with Gasteiger partial charge in [0.25, 0.3) is 0 Å². The molecule has 0 aliphatic carbocycles. The number of hydrogen-bond acceptors (Lipinski definition) is 5. The molecule has 202 valence electrons. The first-order valence-electron chi connectivity index (χ1n) is 14.0. The van der Waals surface area contributed by atoms with Gasteiger partial charge in [-0.1, -0.05) is 60.7 Å². The first-order chi connectivity index (χ1) is 21.6. The Kier molecular flexibility index (Phi) is 6.00. The number of fused-ring (bicyclic) bond motifs is 6. The summed E-state index contributed by atoms with van der Waals surface area (Å²) < 4.78 is 4.74. The summed E-state index contributed by atoms with van der Waals surface area (Å²) in [5, 5.41) is 34.9. The normalized spacial score (nSPS) is 11.1. The van der Waals surface area contributed by atoms with Crippen molar-refractivity contribution < 1.29 is 0 Å². The minimum atomic E-state index is 0.421. The van der Waals surface area contributed by atoms with Crippen molar-refractivity contribution in [2.45, 2.75) is 0 Å². The van der Waals surface area contributed by atoms with E-state index in [0.717, 1.165) is 48.9 Å². The van der Waals surface area contributed by atoms with Gasteiger partial charge in [-0.25, -0.2) is 0 Å². The molecule has 0 unspecified atom stereocenters. The van der Waals surface area contributed by atoms with Gasteiger partial charge >= 0.3 is 0 Å². The minimum Gasteiger partial charge on any atom is -0.192 e. The van der Waals surface area contributed by atoms with Crippen LogP contribution in [-0.4, -0.2) is 0 Å². The first kappa shape index (κ1) is 25.9. The van der Waals surface area contributed by atoms with Crippen LogP contribution in [0.3, 0.4) is 0 Å². The number of thiophene rings is 2. The van der Waals surface area contributed by atoms with Crippen molar-refractivity contribution in [3.63, 3.8) is 0 Å². The van der Waals surface area contributed by atoms with Crippen molar-refractivity contribution in [2.75, 3.05) is 0 Å². The second-order valence-corrected chi connectivity index (χ2v) is 12.8. The molecule has 6 aromatic carbocycles. The largest absolute Gasteiger partial charge is 0.192 e. The first-order valence-corrected chi connectivity index (χ1v) is 15.6. The minimum absolute atomic E-state index is 0.421. The van der Waals surface area contributed by atoms with Crippen molar-refractivity contribution in [1.82, 2.24) is 0 Å². The Labute approximate surface area is 261 Å². The van der Waals surface area contributed by atoms with Gasteiger partial charge in [-0.2, -0.15) is 15.8 Å². The molecule has 8 rings (SSSR count). The maximum atomic E-state index is 10.8. The van der Waals surface area contributed by atoms with E-state index in [1.165, 1.54) is 24.9 Å². The molecule has 44 heavy (non-hydrogen) atoms. The predicted octanol–water partition coefficient (Wildman–Crippen LogP) is 11.0. The van der Waals surface area contributed by atoms with Crippen LogP contribution < -0.4 is 0 Å². The van der Waals surface area contributed by atoms with Crippen LogP contribution in [0.25, 0.3) is 73.7 Å². The summed E-state index contributed by atoms with van der Waals surface area (Å²) in [6.07, 6.45) is 0. The van der Waals surface area contributed by atoms with Gasteiger partial charge < -0.3 is 0 Å². The number of hydrogen-bond donors (Lipinski definition) is 0. The van der Waals surface area contributed by atoms with Crippen LogP contribution in [0.15, 0.2) is 115 Å². The second-order valence-electron chi connectivity index (χ2n) is 10.7. The molecular formula is C39H19N3S2. The van der Waals surface area contributed by atoms with E-state index in [1.807, 2.05) is 24.3 Å². The molecule has 5 heteroatoms. The molecule has 0 N–H and O–H groups in total. The SMILES string of the molecule is N#Cc1cc(C#N)cc(-c2cc(-c3ccc4sc5ccccc5c4c3)c(C#N)c(-c3cccc4c3sc3ccccc34)c2)c1. The van der Waals surface area contributed by atoms with Crippen molar-refractivity contribution in [3.8, 4) is 51.6 Å². The maximum Gasteiger partial charge on any atom is 0.100 e. The lowest BCUT2D eigenvalue weighted by molar-refractivity contribution is 1.44. The summed E-state index contributed by atoms with van der Waals surface area (Å²) in [6, 6.07) is 45.7. The highest BCUT2D eigenvalue weighted by Crippen LogP contribution is 2.45. The number of rotatable bonds is 3. The van der Waals surface area contributed by atoms with Crippen LogP contribution in [0.4, 0.5) is 0 Å². The van der Waals surface area contributed by atoms with E-state index in [9.17, 15) is 15.8 Å². The average Bonchev–Trinajstić information content (AvgIpc) is 3.65. The highest BCUT2D eigenvalue weighted by atomic mass is 32.1. The summed E-state index contributed by atoms with van der Waals surface area (Å²) in [7, 11) is 0. The summed E-state index contributed by atoms with van der Waals surface area (Å²) >= 11 is 3.49. The van der Waals surface area contributed by atoms with Gasteiger partial charge in [0.15, 0.2) is 0 Å². The standard InChI is InChI=1S/C39H19N3S2/c40-20-23-14-24(21-41)16-26(15-23)27-18-32(25-12-13-38-34(17-25)29-7-2-3-10-36(29)43-38)35(22-42)33(19-27)31-9-5-8-30-28-6-1-4-11-37(28)44-39(30)31/h1-19H. The van der Waals surface area contributed by atoms with Crippen LogP contribution >= 0.6 is 22.7 Å². The number of nitriles is 3. The molecule has 0 radical (unpaired) electrons. The fraction of sp³-hybridized carbons (Fsp3) is 0. The smallest absolute Gasteiger partial charge is 0.100 e. The van der Waals surface area contributed by atoms with Crippen molar-refractivity contribution in [1.29, 1.82) is 15.8 Å². The molecule has 0 spiro atoms. The zero-order valence-electron chi connectivity index (χ0n) is 23.1. The Morgan fingerprint density at radius 1 is 0.409 bits per heavy atom. The zero-order valence-corrected chi connectivity index (χ0v) is 24.8. The molecular weight excluding hydrogens is 575 g/mol. The van der Waals surface area contributed by atoms with Gasteiger partial charge in [-0.05, 0) is 71.3 Å². The van der Waals surface area contributed by atoms with Gasteiger partial charge in [0, 0.05) is 57.0 Å². The Morgan fingerprint density at radius 3 is 1.75 bits per heavy atom. The lowest BCUT2D eigenvalue weighted by Crippen LogP contribution is -1.94. The Morgan fingerprint density at radius 2 is 1.02 bits per heavy atom. The summed E-state index contributed by atoms with van der Waals surface area (Å²) in [4.78, 5) is 0. The van der Waals surface area contributed by atoms with Crippen LogP contribution in [-0.2, 0) is 0 Å². The zero-order chi connectivity index (χ0) is 29.8. The molecule has 0 atom stereocenters. The van der Waals surface area contributed by atoms with Crippen LogP contribution in [0.2, 0.25) is 0 Å². The Balaban J connectivity index is 1.46. The third-order valence-corrected chi connectivity index (χ3v) is 10.5. The van der Waals surface area contributed by atoms with E-state index in [2.05, 4.69) is 103 Å². The van der Waals surface area contributed by atoms with Crippen LogP contribution in [0.5, 0.6) is 0 Å². The number of nitrogens with zero attached hydrogens (tertiary/aromatic N) is 3. The average molecular weight is 594 g/mol. The molecule has 0 amide bonds. The van der Waals surface area contributed by atoms with E-state index in [-0.39, 0.29) is 0 Å². The maximum absolute atomic E-state index is 10.8. The monoisotopic (exact) mass is 593 g/mol. The highest BCUT2D eigenvalue weighted by Gasteiger charge is 2.20. The lowest BCUT2D eigenvalue weighted by atomic mass is 9.87. The van der Waals surface area contributed by atoms with Gasteiger partial charge in [-0.15, -0.1) is 22.7 Å². The second kappa shape index (κ2) is 10.2.